The molecule has 0 saturated carbocycles. The maximum absolute atomic E-state index is 12.9. The zero-order valence-electron chi connectivity index (χ0n) is 19.4. The van der Waals surface area contributed by atoms with E-state index in [1.54, 1.807) is 38.5 Å². The molecule has 34 heavy (non-hydrogen) atoms. The quantitative estimate of drug-likeness (QED) is 0.283. The molecular formula is C27H28N2O4S. The molecule has 0 bridgehead atoms. The van der Waals surface area contributed by atoms with E-state index >= 15 is 0 Å². The number of hydrogen-bond acceptors (Lipinski definition) is 5. The Morgan fingerprint density at radius 1 is 0.882 bits per heavy atom. The van der Waals surface area contributed by atoms with Gasteiger partial charge in [0.05, 0.1) is 19.5 Å². The van der Waals surface area contributed by atoms with Gasteiger partial charge in [-0.25, -0.2) is 0 Å². The molecule has 7 heteroatoms. The smallest absolute Gasteiger partial charge is 0.248 e. The van der Waals surface area contributed by atoms with Crippen molar-refractivity contribution < 1.29 is 19.1 Å². The van der Waals surface area contributed by atoms with Crippen molar-refractivity contribution in [1.82, 2.24) is 0 Å². The van der Waals surface area contributed by atoms with Crippen LogP contribution in [0.2, 0.25) is 0 Å². The number of anilines is 2. The highest BCUT2D eigenvalue weighted by Gasteiger charge is 2.19. The third-order valence-electron chi connectivity index (χ3n) is 4.89. The number of carbonyl (C=O) groups excluding carboxylic acids is 2. The Kier molecular flexibility index (Phi) is 9.17. The van der Waals surface area contributed by atoms with Gasteiger partial charge < -0.3 is 20.1 Å². The first-order valence-corrected chi connectivity index (χ1v) is 11.7. The van der Waals surface area contributed by atoms with Gasteiger partial charge in [0.1, 0.15) is 11.5 Å². The molecule has 0 spiro atoms. The average molecular weight is 477 g/mol. The summed E-state index contributed by atoms with van der Waals surface area (Å²) in [5.41, 5.74) is 2.22. The van der Waals surface area contributed by atoms with Crippen LogP contribution in [-0.4, -0.2) is 31.3 Å². The minimum atomic E-state index is -0.318. The Labute approximate surface area is 204 Å². The molecule has 0 aliphatic carbocycles. The zero-order chi connectivity index (χ0) is 24.3. The predicted molar refractivity (Wildman–Crippen MR) is 139 cm³/mol. The lowest BCUT2D eigenvalue weighted by Crippen LogP contribution is -2.24. The van der Waals surface area contributed by atoms with Crippen LogP contribution in [0.1, 0.15) is 18.9 Å². The lowest BCUT2D eigenvalue weighted by Gasteiger charge is -2.16. The van der Waals surface area contributed by atoms with E-state index in [1.807, 2.05) is 61.5 Å². The Balaban J connectivity index is 1.63. The fourth-order valence-electron chi connectivity index (χ4n) is 3.16. The van der Waals surface area contributed by atoms with E-state index < -0.39 is 0 Å². The number of hydrogen-bond donors (Lipinski definition) is 2. The second kappa shape index (κ2) is 12.5. The lowest BCUT2D eigenvalue weighted by molar-refractivity contribution is -0.115. The molecule has 1 atom stereocenters. The number of thioether (sulfide) groups is 1. The number of nitrogens with one attached hydrogen (secondary N) is 2. The summed E-state index contributed by atoms with van der Waals surface area (Å²) in [5.74, 6) is 0.853. The van der Waals surface area contributed by atoms with E-state index in [0.29, 0.717) is 29.3 Å². The predicted octanol–water partition coefficient (Wildman–Crippen LogP) is 5.87. The van der Waals surface area contributed by atoms with Gasteiger partial charge in [-0.3, -0.25) is 9.59 Å². The normalized spacial score (nSPS) is 11.6. The molecule has 176 valence electrons. The SMILES string of the molecule is CCC(Sc1cccc(NC(=O)/C=C/c2ccccc2)c1)C(=O)Nc1cc(OC)cc(OC)c1. The van der Waals surface area contributed by atoms with Crippen molar-refractivity contribution in [2.24, 2.45) is 0 Å². The molecule has 0 aromatic heterocycles. The molecule has 3 rings (SSSR count). The standard InChI is InChI=1S/C27H28N2O4S/c1-4-25(27(31)29-21-15-22(32-2)18-23(16-21)33-3)34-24-12-8-11-20(17-24)28-26(30)14-13-19-9-6-5-7-10-19/h5-18,25H,4H2,1-3H3,(H,28,30)(H,29,31)/b14-13+. The molecular weight excluding hydrogens is 448 g/mol. The molecule has 0 heterocycles. The summed E-state index contributed by atoms with van der Waals surface area (Å²) in [6, 6.07) is 22.3. The van der Waals surface area contributed by atoms with Gasteiger partial charge in [-0.05, 0) is 36.3 Å². The van der Waals surface area contributed by atoms with Crippen molar-refractivity contribution in [1.29, 1.82) is 0 Å². The zero-order valence-corrected chi connectivity index (χ0v) is 20.2. The summed E-state index contributed by atoms with van der Waals surface area (Å²) in [4.78, 5) is 26.1. The highest BCUT2D eigenvalue weighted by atomic mass is 32.2. The van der Waals surface area contributed by atoms with E-state index in [4.69, 9.17) is 9.47 Å². The summed E-state index contributed by atoms with van der Waals surface area (Å²) < 4.78 is 10.5. The molecule has 0 aliphatic heterocycles. The van der Waals surface area contributed by atoms with Crippen LogP contribution in [0.3, 0.4) is 0 Å². The maximum Gasteiger partial charge on any atom is 0.248 e. The highest BCUT2D eigenvalue weighted by molar-refractivity contribution is 8.00. The van der Waals surface area contributed by atoms with Crippen molar-refractivity contribution in [2.75, 3.05) is 24.9 Å². The van der Waals surface area contributed by atoms with Crippen LogP contribution in [0.5, 0.6) is 11.5 Å². The molecule has 1 unspecified atom stereocenters. The Morgan fingerprint density at radius 3 is 2.24 bits per heavy atom. The Hall–Kier alpha value is -3.71. The van der Waals surface area contributed by atoms with Crippen LogP contribution in [0, 0.1) is 0 Å². The van der Waals surface area contributed by atoms with Crippen molar-refractivity contribution in [3.8, 4) is 11.5 Å². The fourth-order valence-corrected chi connectivity index (χ4v) is 4.17. The van der Waals surface area contributed by atoms with E-state index in [2.05, 4.69) is 10.6 Å². The fraction of sp³-hybridized carbons (Fsp3) is 0.185. The average Bonchev–Trinajstić information content (AvgIpc) is 2.86. The van der Waals surface area contributed by atoms with Crippen molar-refractivity contribution >= 4 is 41.0 Å². The van der Waals surface area contributed by atoms with Crippen molar-refractivity contribution in [3.05, 3.63) is 84.4 Å². The van der Waals surface area contributed by atoms with Gasteiger partial charge >= 0.3 is 0 Å². The summed E-state index contributed by atoms with van der Waals surface area (Å²) in [6.45, 7) is 1.96. The Morgan fingerprint density at radius 2 is 1.59 bits per heavy atom. The first kappa shape index (κ1) is 24.9. The van der Waals surface area contributed by atoms with Crippen molar-refractivity contribution in [2.45, 2.75) is 23.5 Å². The van der Waals surface area contributed by atoms with Crippen LogP contribution >= 0.6 is 11.8 Å². The first-order valence-electron chi connectivity index (χ1n) is 10.9. The topological polar surface area (TPSA) is 76.7 Å². The maximum atomic E-state index is 12.9. The Bertz CT molecular complexity index is 1130. The third kappa shape index (κ3) is 7.42. The number of rotatable bonds is 10. The largest absolute Gasteiger partial charge is 0.497 e. The number of methoxy groups -OCH3 is 2. The summed E-state index contributed by atoms with van der Waals surface area (Å²) in [6.07, 6.45) is 3.90. The third-order valence-corrected chi connectivity index (χ3v) is 6.25. The molecule has 2 amide bonds. The molecule has 0 aliphatic rings. The number of ether oxygens (including phenoxy) is 2. The molecule has 0 radical (unpaired) electrons. The van der Waals surface area contributed by atoms with E-state index in [-0.39, 0.29) is 17.1 Å². The minimum Gasteiger partial charge on any atom is -0.497 e. The van der Waals surface area contributed by atoms with Crippen LogP contribution < -0.4 is 20.1 Å². The first-order chi connectivity index (χ1) is 16.5. The van der Waals surface area contributed by atoms with Gasteiger partial charge in [-0.2, -0.15) is 0 Å². The van der Waals surface area contributed by atoms with Crippen LogP contribution in [0.25, 0.3) is 6.08 Å². The van der Waals surface area contributed by atoms with E-state index in [9.17, 15) is 9.59 Å². The minimum absolute atomic E-state index is 0.122. The van der Waals surface area contributed by atoms with Crippen LogP contribution in [0.4, 0.5) is 11.4 Å². The second-order valence-corrected chi connectivity index (χ2v) is 8.64. The summed E-state index contributed by atoms with van der Waals surface area (Å²) in [7, 11) is 3.13. The van der Waals surface area contributed by atoms with Gasteiger partial charge in [-0.15, -0.1) is 11.8 Å². The lowest BCUT2D eigenvalue weighted by atomic mass is 10.2. The van der Waals surface area contributed by atoms with Gasteiger partial charge in [0.25, 0.3) is 0 Å². The van der Waals surface area contributed by atoms with Crippen LogP contribution in [0.15, 0.2) is 83.8 Å². The molecule has 3 aromatic carbocycles. The van der Waals surface area contributed by atoms with Crippen molar-refractivity contribution in [3.63, 3.8) is 0 Å². The van der Waals surface area contributed by atoms with E-state index in [0.717, 1.165) is 10.5 Å². The number of carbonyl (C=O) groups is 2. The molecule has 2 N–H and O–H groups in total. The molecule has 3 aromatic rings. The van der Waals surface area contributed by atoms with Gasteiger partial charge in [0.2, 0.25) is 11.8 Å². The van der Waals surface area contributed by atoms with Crippen LogP contribution in [-0.2, 0) is 9.59 Å². The molecule has 0 saturated heterocycles. The summed E-state index contributed by atoms with van der Waals surface area (Å²) in [5, 5.41) is 5.50. The molecule has 0 fully saturated rings. The number of amides is 2. The van der Waals surface area contributed by atoms with Gasteiger partial charge in [-0.1, -0.05) is 43.3 Å². The number of benzene rings is 3. The highest BCUT2D eigenvalue weighted by Crippen LogP contribution is 2.30. The van der Waals surface area contributed by atoms with E-state index in [1.165, 1.54) is 17.8 Å². The second-order valence-electron chi connectivity index (χ2n) is 7.37. The molecule has 6 nitrogen and oxygen atoms in total. The van der Waals surface area contributed by atoms with Gasteiger partial charge in [0.15, 0.2) is 0 Å². The van der Waals surface area contributed by atoms with Gasteiger partial charge in [0, 0.05) is 40.5 Å². The monoisotopic (exact) mass is 476 g/mol. The summed E-state index contributed by atoms with van der Waals surface area (Å²) >= 11 is 1.44.